The van der Waals surface area contributed by atoms with Gasteiger partial charge in [-0.2, -0.15) is 5.26 Å². The Labute approximate surface area is 159 Å². The van der Waals surface area contributed by atoms with E-state index >= 15 is 0 Å². The highest BCUT2D eigenvalue weighted by molar-refractivity contribution is 9.10. The van der Waals surface area contributed by atoms with Crippen molar-refractivity contribution in [3.63, 3.8) is 0 Å². The van der Waals surface area contributed by atoms with Crippen molar-refractivity contribution in [2.24, 2.45) is 0 Å². The van der Waals surface area contributed by atoms with E-state index in [1.807, 2.05) is 13.0 Å². The Balaban J connectivity index is 2.23. The summed E-state index contributed by atoms with van der Waals surface area (Å²) >= 11 is 3.29. The Morgan fingerprint density at radius 1 is 1.35 bits per heavy atom. The highest BCUT2D eigenvalue weighted by Gasteiger charge is 2.13. The molecule has 0 fully saturated rings. The molecule has 0 saturated heterocycles. The minimum absolute atomic E-state index is 0.0473. The Bertz CT molecular complexity index is 870. The SMILES string of the molecule is CCOc1ccc(NC(=O)/C(C#N)=C\c2cc(OC)c(O)cc2Br)cc1. The number of hydrogen-bond donors (Lipinski definition) is 2. The summed E-state index contributed by atoms with van der Waals surface area (Å²) in [6.45, 7) is 2.44. The van der Waals surface area contributed by atoms with E-state index in [1.54, 1.807) is 24.3 Å². The van der Waals surface area contributed by atoms with Crippen molar-refractivity contribution in [3.8, 4) is 23.3 Å². The molecular formula is C19H17BrN2O4. The highest BCUT2D eigenvalue weighted by Crippen LogP contribution is 2.33. The molecule has 2 N–H and O–H groups in total. The van der Waals surface area contributed by atoms with Gasteiger partial charge in [-0.25, -0.2) is 0 Å². The van der Waals surface area contributed by atoms with Crippen LogP contribution in [0.4, 0.5) is 5.69 Å². The number of nitrogens with one attached hydrogen (secondary N) is 1. The van der Waals surface area contributed by atoms with E-state index in [0.29, 0.717) is 28.1 Å². The lowest BCUT2D eigenvalue weighted by Crippen LogP contribution is -2.13. The Morgan fingerprint density at radius 3 is 2.62 bits per heavy atom. The number of rotatable bonds is 6. The molecule has 0 saturated carbocycles. The number of nitrogens with zero attached hydrogens (tertiary/aromatic N) is 1. The summed E-state index contributed by atoms with van der Waals surface area (Å²) in [5.41, 5.74) is 0.979. The smallest absolute Gasteiger partial charge is 0.266 e. The molecule has 0 aliphatic carbocycles. The van der Waals surface area contributed by atoms with Crippen LogP contribution in [0.15, 0.2) is 46.4 Å². The van der Waals surface area contributed by atoms with Crippen LogP contribution in [0.1, 0.15) is 12.5 Å². The average molecular weight is 417 g/mol. The van der Waals surface area contributed by atoms with Crippen LogP contribution in [0.3, 0.4) is 0 Å². The molecule has 0 heterocycles. The second-order valence-corrected chi connectivity index (χ2v) is 5.98. The molecule has 2 aromatic rings. The quantitative estimate of drug-likeness (QED) is 0.545. The van der Waals surface area contributed by atoms with E-state index in [9.17, 15) is 15.2 Å². The molecule has 7 heteroatoms. The minimum Gasteiger partial charge on any atom is -0.504 e. The minimum atomic E-state index is -0.546. The fourth-order valence-electron chi connectivity index (χ4n) is 2.14. The average Bonchev–Trinajstić information content (AvgIpc) is 2.63. The Hall–Kier alpha value is -2.98. The third-order valence-electron chi connectivity index (χ3n) is 3.39. The number of hydrogen-bond acceptors (Lipinski definition) is 5. The summed E-state index contributed by atoms with van der Waals surface area (Å²) in [7, 11) is 1.42. The molecule has 0 radical (unpaired) electrons. The molecule has 0 spiro atoms. The van der Waals surface area contributed by atoms with Crippen molar-refractivity contribution >= 4 is 33.6 Å². The van der Waals surface area contributed by atoms with Gasteiger partial charge in [0.15, 0.2) is 11.5 Å². The second kappa shape index (κ2) is 8.92. The lowest BCUT2D eigenvalue weighted by molar-refractivity contribution is -0.112. The highest BCUT2D eigenvalue weighted by atomic mass is 79.9. The molecular weight excluding hydrogens is 400 g/mol. The van der Waals surface area contributed by atoms with Gasteiger partial charge in [0.25, 0.3) is 5.91 Å². The molecule has 0 aromatic heterocycles. The van der Waals surface area contributed by atoms with Crippen LogP contribution >= 0.6 is 15.9 Å². The van der Waals surface area contributed by atoms with E-state index < -0.39 is 5.91 Å². The molecule has 6 nitrogen and oxygen atoms in total. The number of carbonyl (C=O) groups is 1. The zero-order valence-corrected chi connectivity index (χ0v) is 15.8. The molecule has 0 unspecified atom stereocenters. The lowest BCUT2D eigenvalue weighted by atomic mass is 10.1. The first-order valence-electron chi connectivity index (χ1n) is 7.71. The number of nitriles is 1. The summed E-state index contributed by atoms with van der Waals surface area (Å²) in [5, 5.41) is 21.7. The molecule has 0 atom stereocenters. The van der Waals surface area contributed by atoms with Crippen molar-refractivity contribution < 1.29 is 19.4 Å². The van der Waals surface area contributed by atoms with Crippen molar-refractivity contribution in [2.45, 2.75) is 6.92 Å². The topological polar surface area (TPSA) is 91.6 Å². The van der Waals surface area contributed by atoms with Gasteiger partial charge in [0, 0.05) is 10.2 Å². The normalized spacial score (nSPS) is 10.8. The number of halogens is 1. The summed E-state index contributed by atoms with van der Waals surface area (Å²) < 4.78 is 10.9. The van der Waals surface area contributed by atoms with Crippen LogP contribution in [0.5, 0.6) is 17.2 Å². The third kappa shape index (κ3) is 4.77. The summed E-state index contributed by atoms with van der Waals surface area (Å²) in [6, 6.07) is 11.7. The van der Waals surface area contributed by atoms with Gasteiger partial charge >= 0.3 is 0 Å². The van der Waals surface area contributed by atoms with Gasteiger partial charge in [-0.15, -0.1) is 0 Å². The van der Waals surface area contributed by atoms with E-state index in [1.165, 1.54) is 25.3 Å². The van der Waals surface area contributed by atoms with Crippen molar-refractivity contribution in [3.05, 3.63) is 52.0 Å². The number of anilines is 1. The number of methoxy groups -OCH3 is 1. The zero-order valence-electron chi connectivity index (χ0n) is 14.2. The Kier molecular flexibility index (Phi) is 6.64. The largest absolute Gasteiger partial charge is 0.504 e. The predicted octanol–water partition coefficient (Wildman–Crippen LogP) is 4.11. The van der Waals surface area contributed by atoms with E-state index in [0.717, 1.165) is 0 Å². The predicted molar refractivity (Wildman–Crippen MR) is 102 cm³/mol. The van der Waals surface area contributed by atoms with Gasteiger partial charge in [0.1, 0.15) is 17.4 Å². The molecule has 2 aromatic carbocycles. The van der Waals surface area contributed by atoms with Crippen LogP contribution in [-0.2, 0) is 4.79 Å². The van der Waals surface area contributed by atoms with Gasteiger partial charge in [-0.1, -0.05) is 15.9 Å². The van der Waals surface area contributed by atoms with Gasteiger partial charge in [0.2, 0.25) is 0 Å². The van der Waals surface area contributed by atoms with Crippen LogP contribution in [0, 0.1) is 11.3 Å². The van der Waals surface area contributed by atoms with Crippen molar-refractivity contribution in [1.82, 2.24) is 0 Å². The summed E-state index contributed by atoms with van der Waals surface area (Å²) in [5.74, 6) is 0.342. The molecule has 0 aliphatic heterocycles. The zero-order chi connectivity index (χ0) is 19.1. The fourth-order valence-corrected chi connectivity index (χ4v) is 2.58. The molecule has 134 valence electrons. The summed E-state index contributed by atoms with van der Waals surface area (Å²) in [4.78, 5) is 12.4. The molecule has 26 heavy (non-hydrogen) atoms. The fraction of sp³-hybridized carbons (Fsp3) is 0.158. The second-order valence-electron chi connectivity index (χ2n) is 5.13. The maximum Gasteiger partial charge on any atom is 0.266 e. The first-order valence-corrected chi connectivity index (χ1v) is 8.50. The van der Waals surface area contributed by atoms with Gasteiger partial charge in [0.05, 0.1) is 13.7 Å². The van der Waals surface area contributed by atoms with Crippen LogP contribution in [-0.4, -0.2) is 24.7 Å². The number of phenols is 1. The van der Waals surface area contributed by atoms with E-state index in [-0.39, 0.29) is 17.1 Å². The first kappa shape index (κ1) is 19.3. The number of carbonyl (C=O) groups excluding carboxylic acids is 1. The number of amides is 1. The standard InChI is InChI=1S/C19H17BrN2O4/c1-3-26-15-6-4-14(5-7-15)22-19(24)13(11-21)8-12-9-18(25-2)17(23)10-16(12)20/h4-10,23H,3H2,1-2H3,(H,22,24)/b13-8-. The number of aromatic hydroxyl groups is 1. The monoisotopic (exact) mass is 416 g/mol. The molecule has 0 aliphatic rings. The van der Waals surface area contributed by atoms with Gasteiger partial charge in [-0.3, -0.25) is 4.79 Å². The van der Waals surface area contributed by atoms with Crippen LogP contribution in [0.2, 0.25) is 0 Å². The maximum atomic E-state index is 12.4. The Morgan fingerprint density at radius 2 is 2.04 bits per heavy atom. The van der Waals surface area contributed by atoms with Gasteiger partial charge < -0.3 is 19.9 Å². The van der Waals surface area contributed by atoms with Crippen molar-refractivity contribution in [1.29, 1.82) is 5.26 Å². The molecule has 2 rings (SSSR count). The van der Waals surface area contributed by atoms with E-state index in [2.05, 4.69) is 21.2 Å². The summed E-state index contributed by atoms with van der Waals surface area (Å²) in [6.07, 6.45) is 1.41. The third-order valence-corrected chi connectivity index (χ3v) is 4.07. The van der Waals surface area contributed by atoms with Gasteiger partial charge in [-0.05, 0) is 55.0 Å². The first-order chi connectivity index (χ1) is 12.5. The number of ether oxygens (including phenoxy) is 2. The maximum absolute atomic E-state index is 12.4. The van der Waals surface area contributed by atoms with Crippen LogP contribution in [0.25, 0.3) is 6.08 Å². The number of benzene rings is 2. The van der Waals surface area contributed by atoms with Crippen LogP contribution < -0.4 is 14.8 Å². The molecule has 0 bridgehead atoms. The van der Waals surface area contributed by atoms with E-state index in [4.69, 9.17) is 9.47 Å². The number of phenolic OH excluding ortho intramolecular Hbond substituents is 1. The molecule has 1 amide bonds. The van der Waals surface area contributed by atoms with Crippen molar-refractivity contribution in [2.75, 3.05) is 19.0 Å². The lowest BCUT2D eigenvalue weighted by Gasteiger charge is -2.08.